The van der Waals surface area contributed by atoms with Crippen LogP contribution in [0, 0.1) is 0 Å². The summed E-state index contributed by atoms with van der Waals surface area (Å²) in [7, 11) is 1.74. The molecule has 1 aliphatic rings. The third-order valence-electron chi connectivity index (χ3n) is 4.99. The fourth-order valence-electron chi connectivity index (χ4n) is 3.60. The maximum absolute atomic E-state index is 13.2. The number of carbonyl (C=O) groups excluding carboxylic acids is 2. The van der Waals surface area contributed by atoms with Crippen LogP contribution in [0.15, 0.2) is 72.8 Å². The highest BCUT2D eigenvalue weighted by atomic mass is 32.1. The monoisotopic (exact) mass is 361 g/mol. The highest BCUT2D eigenvalue weighted by molar-refractivity contribution is 7.17. The van der Waals surface area contributed by atoms with Crippen molar-refractivity contribution in [2.75, 3.05) is 7.05 Å². The average Bonchev–Trinajstić information content (AvgIpc) is 3.29. The fraction of sp³-hybridized carbons (Fsp3) is 0.182. The Kier molecular flexibility index (Phi) is 4.43. The van der Waals surface area contributed by atoms with E-state index in [0.29, 0.717) is 11.3 Å². The van der Waals surface area contributed by atoms with E-state index in [2.05, 4.69) is 0 Å². The van der Waals surface area contributed by atoms with E-state index in [0.717, 1.165) is 16.0 Å². The van der Waals surface area contributed by atoms with Gasteiger partial charge in [0.1, 0.15) is 6.04 Å². The molecule has 1 amide bonds. The molecule has 1 fully saturated rings. The number of carbonyl (C=O) groups is 2. The van der Waals surface area contributed by atoms with Crippen molar-refractivity contribution in [3.63, 3.8) is 0 Å². The van der Waals surface area contributed by atoms with E-state index in [4.69, 9.17) is 0 Å². The minimum absolute atomic E-state index is 0.0250. The van der Waals surface area contributed by atoms with Gasteiger partial charge in [-0.05, 0) is 23.3 Å². The van der Waals surface area contributed by atoms with Crippen molar-refractivity contribution in [1.29, 1.82) is 0 Å². The Hall–Kier alpha value is -2.72. The lowest BCUT2D eigenvalue weighted by atomic mass is 9.89. The number of likely N-dealkylation sites (tertiary alicyclic amines) is 1. The number of rotatable bonds is 4. The predicted octanol–water partition coefficient (Wildman–Crippen LogP) is 4.61. The number of hydrogen-bond donors (Lipinski definition) is 0. The number of benzene rings is 2. The van der Waals surface area contributed by atoms with Crippen LogP contribution in [-0.4, -0.2) is 29.7 Å². The summed E-state index contributed by atoms with van der Waals surface area (Å²) in [6, 6.07) is 23.3. The maximum Gasteiger partial charge on any atom is 0.223 e. The van der Waals surface area contributed by atoms with Gasteiger partial charge in [-0.15, -0.1) is 11.3 Å². The summed E-state index contributed by atoms with van der Waals surface area (Å²) < 4.78 is 0. The molecule has 130 valence electrons. The number of hydrogen-bond acceptors (Lipinski definition) is 3. The summed E-state index contributed by atoms with van der Waals surface area (Å²) in [5.41, 5.74) is 2.15. The Balaban J connectivity index is 1.66. The summed E-state index contributed by atoms with van der Waals surface area (Å²) in [6.45, 7) is 0. The van der Waals surface area contributed by atoms with Gasteiger partial charge >= 0.3 is 0 Å². The van der Waals surface area contributed by atoms with Gasteiger partial charge in [0.2, 0.25) is 5.91 Å². The first-order valence-electron chi connectivity index (χ1n) is 8.65. The lowest BCUT2D eigenvalue weighted by molar-refractivity contribution is -0.127. The van der Waals surface area contributed by atoms with Gasteiger partial charge in [0.25, 0.3) is 0 Å². The number of nitrogens with zero attached hydrogens (tertiary/aromatic N) is 1. The molecule has 2 heterocycles. The van der Waals surface area contributed by atoms with Gasteiger partial charge in [0.15, 0.2) is 5.78 Å². The molecule has 3 aromatic rings. The van der Waals surface area contributed by atoms with Gasteiger partial charge in [-0.3, -0.25) is 9.59 Å². The second-order valence-electron chi connectivity index (χ2n) is 6.56. The first kappa shape index (κ1) is 16.7. The van der Waals surface area contributed by atoms with Crippen molar-refractivity contribution in [2.24, 2.45) is 0 Å². The fourth-order valence-corrected chi connectivity index (χ4v) is 4.59. The minimum Gasteiger partial charge on any atom is -0.335 e. The molecule has 0 bridgehead atoms. The molecule has 2 atom stereocenters. The molecule has 0 radical (unpaired) electrons. The Labute approximate surface area is 156 Å². The van der Waals surface area contributed by atoms with Crippen LogP contribution in [0.4, 0.5) is 0 Å². The molecule has 0 aliphatic carbocycles. The molecule has 1 aromatic heterocycles. The van der Waals surface area contributed by atoms with Crippen LogP contribution in [-0.2, 0) is 4.79 Å². The van der Waals surface area contributed by atoms with E-state index in [1.54, 1.807) is 11.9 Å². The Morgan fingerprint density at radius 2 is 1.62 bits per heavy atom. The molecule has 0 saturated carbocycles. The smallest absolute Gasteiger partial charge is 0.223 e. The minimum atomic E-state index is -0.438. The van der Waals surface area contributed by atoms with Gasteiger partial charge in [0, 0.05) is 24.3 Å². The second-order valence-corrected chi connectivity index (χ2v) is 7.65. The topological polar surface area (TPSA) is 37.4 Å². The standard InChI is InChI=1S/C22H19NO2S/c1-23-20(24)14-17(15-8-4-2-5-9-15)21(23)22(25)19-13-12-18(26-19)16-10-6-3-7-11-16/h2-13,17,21H,14H2,1H3. The van der Waals surface area contributed by atoms with E-state index >= 15 is 0 Å². The Morgan fingerprint density at radius 1 is 0.962 bits per heavy atom. The summed E-state index contributed by atoms with van der Waals surface area (Å²) >= 11 is 1.49. The van der Waals surface area contributed by atoms with Crippen LogP contribution < -0.4 is 0 Å². The number of Topliss-reactive ketones (excluding diaryl/α,β-unsaturated/α-hetero) is 1. The lowest BCUT2D eigenvalue weighted by Gasteiger charge is -2.23. The summed E-state index contributed by atoms with van der Waals surface area (Å²) in [5, 5.41) is 0. The van der Waals surface area contributed by atoms with Gasteiger partial charge in [-0.2, -0.15) is 0 Å². The van der Waals surface area contributed by atoms with Crippen molar-refractivity contribution in [3.8, 4) is 10.4 Å². The number of amides is 1. The lowest BCUT2D eigenvalue weighted by Crippen LogP contribution is -2.37. The normalized spacial score (nSPS) is 19.7. The molecule has 0 spiro atoms. The molecule has 4 heteroatoms. The summed E-state index contributed by atoms with van der Waals surface area (Å²) in [6.07, 6.45) is 0.383. The van der Waals surface area contributed by atoms with Crippen LogP contribution in [0.1, 0.15) is 27.6 Å². The van der Waals surface area contributed by atoms with Crippen molar-refractivity contribution < 1.29 is 9.59 Å². The molecule has 2 unspecified atom stereocenters. The number of likely N-dealkylation sites (N-methyl/N-ethyl adjacent to an activating group) is 1. The second kappa shape index (κ2) is 6.89. The van der Waals surface area contributed by atoms with Crippen molar-refractivity contribution in [1.82, 2.24) is 4.90 Å². The van der Waals surface area contributed by atoms with Gasteiger partial charge in [-0.1, -0.05) is 60.7 Å². The zero-order valence-electron chi connectivity index (χ0n) is 14.5. The molecule has 1 aliphatic heterocycles. The molecule has 4 rings (SSSR count). The van der Waals surface area contributed by atoms with Crippen molar-refractivity contribution in [3.05, 3.63) is 83.2 Å². The van der Waals surface area contributed by atoms with Crippen LogP contribution in [0.25, 0.3) is 10.4 Å². The molecule has 2 aromatic carbocycles. The van der Waals surface area contributed by atoms with Crippen LogP contribution in [0.5, 0.6) is 0 Å². The SMILES string of the molecule is CN1C(=O)CC(c2ccccc2)C1C(=O)c1ccc(-c2ccccc2)s1. The van der Waals surface area contributed by atoms with Crippen LogP contribution in [0.2, 0.25) is 0 Å². The van der Waals surface area contributed by atoms with E-state index in [1.165, 1.54) is 11.3 Å². The predicted molar refractivity (Wildman–Crippen MR) is 104 cm³/mol. The zero-order chi connectivity index (χ0) is 18.1. The van der Waals surface area contributed by atoms with Crippen LogP contribution >= 0.6 is 11.3 Å². The first-order chi connectivity index (χ1) is 12.6. The molecule has 0 N–H and O–H groups in total. The quantitative estimate of drug-likeness (QED) is 0.636. The molecule has 1 saturated heterocycles. The molecular formula is C22H19NO2S. The number of thiophene rings is 1. The average molecular weight is 361 g/mol. The van der Waals surface area contributed by atoms with Crippen LogP contribution in [0.3, 0.4) is 0 Å². The number of ketones is 1. The molecule has 26 heavy (non-hydrogen) atoms. The van der Waals surface area contributed by atoms with Gasteiger partial charge < -0.3 is 4.90 Å². The van der Waals surface area contributed by atoms with Crippen molar-refractivity contribution >= 4 is 23.0 Å². The largest absolute Gasteiger partial charge is 0.335 e. The molecular weight excluding hydrogens is 342 g/mol. The highest BCUT2D eigenvalue weighted by Crippen LogP contribution is 2.37. The maximum atomic E-state index is 13.2. The van der Waals surface area contributed by atoms with E-state index in [1.807, 2.05) is 72.8 Å². The first-order valence-corrected chi connectivity index (χ1v) is 9.47. The highest BCUT2D eigenvalue weighted by Gasteiger charge is 2.43. The Bertz CT molecular complexity index is 933. The zero-order valence-corrected chi connectivity index (χ0v) is 15.3. The van der Waals surface area contributed by atoms with E-state index in [9.17, 15) is 9.59 Å². The van der Waals surface area contributed by atoms with Crippen molar-refractivity contribution in [2.45, 2.75) is 18.4 Å². The van der Waals surface area contributed by atoms with Gasteiger partial charge in [-0.25, -0.2) is 0 Å². The Morgan fingerprint density at radius 3 is 2.31 bits per heavy atom. The summed E-state index contributed by atoms with van der Waals surface area (Å²) in [4.78, 5) is 28.9. The van der Waals surface area contributed by atoms with E-state index < -0.39 is 6.04 Å². The third kappa shape index (κ3) is 2.97. The molecule has 3 nitrogen and oxygen atoms in total. The van der Waals surface area contributed by atoms with E-state index in [-0.39, 0.29) is 17.6 Å². The third-order valence-corrected chi connectivity index (χ3v) is 6.14. The van der Waals surface area contributed by atoms with Gasteiger partial charge in [0.05, 0.1) is 4.88 Å². The summed E-state index contributed by atoms with van der Waals surface area (Å²) in [5.74, 6) is -0.0418.